The van der Waals surface area contributed by atoms with E-state index in [2.05, 4.69) is 6.58 Å². The van der Waals surface area contributed by atoms with Crippen LogP contribution in [0.2, 0.25) is 0 Å². The van der Waals surface area contributed by atoms with E-state index in [0.717, 1.165) is 12.0 Å². The third-order valence-electron chi connectivity index (χ3n) is 2.83. The summed E-state index contributed by atoms with van der Waals surface area (Å²) in [6.45, 7) is 9.54. The molecule has 1 heterocycles. The highest BCUT2D eigenvalue weighted by atomic mass is 16.2. The summed E-state index contributed by atoms with van der Waals surface area (Å²) in [6.07, 6.45) is 0.770. The van der Waals surface area contributed by atoms with Crippen LogP contribution in [0, 0.1) is 5.92 Å². The summed E-state index contributed by atoms with van der Waals surface area (Å²) in [5, 5.41) is 0. The van der Waals surface area contributed by atoms with E-state index in [1.807, 2.05) is 6.92 Å². The highest BCUT2D eigenvalue weighted by Crippen LogP contribution is 2.29. The van der Waals surface area contributed by atoms with Crippen LogP contribution in [0.4, 0.5) is 0 Å². The first-order valence-electron chi connectivity index (χ1n) is 4.88. The Balaban J connectivity index is 2.90. The predicted molar refractivity (Wildman–Crippen MR) is 54.8 cm³/mol. The summed E-state index contributed by atoms with van der Waals surface area (Å²) in [5.74, 6) is 0.139. The third kappa shape index (κ3) is 1.86. The molecule has 14 heavy (non-hydrogen) atoms. The Labute approximate surface area is 84.8 Å². The van der Waals surface area contributed by atoms with Crippen molar-refractivity contribution in [3.63, 3.8) is 0 Å². The number of Topliss-reactive ketones (excluding diaryl/α,β-unsaturated/α-hetero) is 1. The number of ketones is 1. The van der Waals surface area contributed by atoms with Gasteiger partial charge in [0.2, 0.25) is 5.91 Å². The van der Waals surface area contributed by atoms with Crippen molar-refractivity contribution in [2.24, 2.45) is 5.92 Å². The first-order chi connectivity index (χ1) is 6.45. The lowest BCUT2D eigenvalue weighted by atomic mass is 9.92. The predicted octanol–water partition coefficient (Wildman–Crippen LogP) is 1.39. The zero-order valence-corrected chi connectivity index (χ0v) is 9.04. The van der Waals surface area contributed by atoms with Gasteiger partial charge in [0.05, 0.1) is 6.04 Å². The largest absolute Gasteiger partial charge is 0.335 e. The van der Waals surface area contributed by atoms with Gasteiger partial charge in [-0.3, -0.25) is 9.59 Å². The molecule has 1 aliphatic heterocycles. The van der Waals surface area contributed by atoms with Gasteiger partial charge in [-0.25, -0.2) is 0 Å². The van der Waals surface area contributed by atoms with Gasteiger partial charge in [0.1, 0.15) is 5.78 Å². The highest BCUT2D eigenvalue weighted by Gasteiger charge is 2.38. The molecule has 1 rings (SSSR count). The van der Waals surface area contributed by atoms with Crippen molar-refractivity contribution in [2.75, 3.05) is 6.54 Å². The van der Waals surface area contributed by atoms with Gasteiger partial charge < -0.3 is 4.90 Å². The minimum absolute atomic E-state index is 0.0294. The van der Waals surface area contributed by atoms with Gasteiger partial charge in [-0.2, -0.15) is 0 Å². The van der Waals surface area contributed by atoms with Crippen molar-refractivity contribution in [1.82, 2.24) is 4.90 Å². The molecule has 0 aliphatic carbocycles. The number of hydrogen-bond acceptors (Lipinski definition) is 2. The Kier molecular flexibility index (Phi) is 3.09. The minimum atomic E-state index is -0.0787. The zero-order chi connectivity index (χ0) is 10.9. The number of rotatable bonds is 2. The minimum Gasteiger partial charge on any atom is -0.335 e. The number of likely N-dealkylation sites (tertiary alicyclic amines) is 1. The molecule has 1 amide bonds. The highest BCUT2D eigenvalue weighted by molar-refractivity contribution is 5.82. The Morgan fingerprint density at radius 1 is 1.29 bits per heavy atom. The summed E-state index contributed by atoms with van der Waals surface area (Å²) < 4.78 is 0. The van der Waals surface area contributed by atoms with E-state index in [1.54, 1.807) is 18.7 Å². The molecule has 0 saturated carbocycles. The van der Waals surface area contributed by atoms with Crippen molar-refractivity contribution < 1.29 is 9.59 Å². The van der Waals surface area contributed by atoms with Crippen LogP contribution >= 0.6 is 0 Å². The number of carbonyl (C=O) groups is 2. The van der Waals surface area contributed by atoms with Crippen LogP contribution in [0.15, 0.2) is 12.2 Å². The van der Waals surface area contributed by atoms with Crippen molar-refractivity contribution in [3.05, 3.63) is 12.2 Å². The number of nitrogens with zero attached hydrogens (tertiary/aromatic N) is 1. The van der Waals surface area contributed by atoms with E-state index in [1.165, 1.54) is 0 Å². The normalized spacial score (nSPS) is 26.4. The van der Waals surface area contributed by atoms with Gasteiger partial charge in [-0.1, -0.05) is 12.2 Å². The van der Waals surface area contributed by atoms with E-state index in [4.69, 9.17) is 0 Å². The fraction of sp³-hybridized carbons (Fsp3) is 0.636. The molecule has 1 saturated heterocycles. The van der Waals surface area contributed by atoms with E-state index in [0.29, 0.717) is 6.54 Å². The second kappa shape index (κ2) is 3.95. The topological polar surface area (TPSA) is 37.4 Å². The molecule has 0 aromatic carbocycles. The molecule has 2 unspecified atom stereocenters. The molecular formula is C11H17NO2. The van der Waals surface area contributed by atoms with Crippen LogP contribution in [-0.4, -0.2) is 29.2 Å². The average molecular weight is 195 g/mol. The summed E-state index contributed by atoms with van der Waals surface area (Å²) >= 11 is 0. The van der Waals surface area contributed by atoms with Crippen LogP contribution < -0.4 is 0 Å². The maximum atomic E-state index is 11.3. The molecule has 2 atom stereocenters. The van der Waals surface area contributed by atoms with Crippen molar-refractivity contribution in [1.29, 1.82) is 0 Å². The van der Waals surface area contributed by atoms with Crippen LogP contribution in [-0.2, 0) is 9.59 Å². The lowest BCUT2D eigenvalue weighted by Gasteiger charge is -2.26. The first-order valence-corrected chi connectivity index (χ1v) is 4.88. The molecule has 3 nitrogen and oxygen atoms in total. The van der Waals surface area contributed by atoms with Crippen LogP contribution in [0.25, 0.3) is 0 Å². The molecule has 3 heteroatoms. The van der Waals surface area contributed by atoms with Crippen molar-refractivity contribution >= 4 is 11.7 Å². The molecule has 78 valence electrons. The fourth-order valence-corrected chi connectivity index (χ4v) is 2.18. The van der Waals surface area contributed by atoms with E-state index >= 15 is 0 Å². The van der Waals surface area contributed by atoms with Crippen LogP contribution in [0.1, 0.15) is 27.2 Å². The third-order valence-corrected chi connectivity index (χ3v) is 2.83. The SMILES string of the molecule is C=C(C)C1C(C(C)=O)CCN1C(C)=O. The van der Waals surface area contributed by atoms with Gasteiger partial charge in [0.15, 0.2) is 0 Å². The Morgan fingerprint density at radius 3 is 2.21 bits per heavy atom. The smallest absolute Gasteiger partial charge is 0.219 e. The summed E-state index contributed by atoms with van der Waals surface area (Å²) in [4.78, 5) is 24.4. The van der Waals surface area contributed by atoms with Crippen LogP contribution in [0.5, 0.6) is 0 Å². The standard InChI is InChI=1S/C11H17NO2/c1-7(2)11-10(8(3)13)5-6-12(11)9(4)14/h10-11H,1,5-6H2,2-4H3. The van der Waals surface area contributed by atoms with E-state index < -0.39 is 0 Å². The molecular weight excluding hydrogens is 178 g/mol. The molecule has 0 bridgehead atoms. The number of hydrogen-bond donors (Lipinski definition) is 0. The van der Waals surface area contributed by atoms with E-state index in [9.17, 15) is 9.59 Å². The molecule has 0 aromatic rings. The quantitative estimate of drug-likeness (QED) is 0.624. The summed E-state index contributed by atoms with van der Waals surface area (Å²) in [7, 11) is 0. The molecule has 0 radical (unpaired) electrons. The molecule has 1 aliphatic rings. The lowest BCUT2D eigenvalue weighted by Crippen LogP contribution is -2.38. The second-order valence-electron chi connectivity index (χ2n) is 4.01. The van der Waals surface area contributed by atoms with Gasteiger partial charge in [0, 0.05) is 19.4 Å². The second-order valence-corrected chi connectivity index (χ2v) is 4.01. The Morgan fingerprint density at radius 2 is 1.86 bits per heavy atom. The Hall–Kier alpha value is -1.12. The lowest BCUT2D eigenvalue weighted by molar-refractivity contribution is -0.129. The van der Waals surface area contributed by atoms with Crippen molar-refractivity contribution in [2.45, 2.75) is 33.2 Å². The monoisotopic (exact) mass is 195 g/mol. The van der Waals surface area contributed by atoms with Crippen molar-refractivity contribution in [3.8, 4) is 0 Å². The van der Waals surface area contributed by atoms with Crippen LogP contribution in [0.3, 0.4) is 0 Å². The first kappa shape index (κ1) is 11.0. The molecule has 0 spiro atoms. The Bertz CT molecular complexity index is 261. The van der Waals surface area contributed by atoms with E-state index in [-0.39, 0.29) is 23.7 Å². The van der Waals surface area contributed by atoms with Gasteiger partial charge in [0.25, 0.3) is 0 Å². The zero-order valence-electron chi connectivity index (χ0n) is 9.04. The maximum Gasteiger partial charge on any atom is 0.219 e. The average Bonchev–Trinajstić information content (AvgIpc) is 2.46. The van der Waals surface area contributed by atoms with Gasteiger partial charge in [-0.15, -0.1) is 0 Å². The summed E-state index contributed by atoms with van der Waals surface area (Å²) in [5.41, 5.74) is 0.901. The number of carbonyl (C=O) groups excluding carboxylic acids is 2. The van der Waals surface area contributed by atoms with Gasteiger partial charge >= 0.3 is 0 Å². The van der Waals surface area contributed by atoms with Gasteiger partial charge in [-0.05, 0) is 20.3 Å². The molecule has 0 N–H and O–H groups in total. The molecule has 1 fully saturated rings. The summed E-state index contributed by atoms with van der Waals surface area (Å²) in [6, 6.07) is -0.0787. The fourth-order valence-electron chi connectivity index (χ4n) is 2.18. The number of amides is 1. The molecule has 0 aromatic heterocycles. The maximum absolute atomic E-state index is 11.3.